The number of alkyl halides is 1. The van der Waals surface area contributed by atoms with Crippen molar-refractivity contribution in [2.75, 3.05) is 6.67 Å². The van der Waals surface area contributed by atoms with Crippen LogP contribution in [0.5, 0.6) is 0 Å². The average Bonchev–Trinajstić information content (AvgIpc) is 2.39. The summed E-state index contributed by atoms with van der Waals surface area (Å²) in [5, 5.41) is 0. The van der Waals surface area contributed by atoms with Gasteiger partial charge in [0.1, 0.15) is 0 Å². The number of hydrogen-bond donors (Lipinski definition) is 0. The molecule has 0 atom stereocenters. The molecule has 0 aromatic heterocycles. The lowest BCUT2D eigenvalue weighted by Gasteiger charge is -2.37. The molecule has 16 heavy (non-hydrogen) atoms. The summed E-state index contributed by atoms with van der Waals surface area (Å²) >= 11 is 0. The normalized spacial score (nSPS) is 40.9. The van der Waals surface area contributed by atoms with Gasteiger partial charge in [-0.2, -0.15) is 0 Å². The Morgan fingerprint density at radius 3 is 1.56 bits per heavy atom. The first-order valence-corrected chi connectivity index (χ1v) is 7.39. The highest BCUT2D eigenvalue weighted by atomic mass is 19.1. The van der Waals surface area contributed by atoms with E-state index in [-0.39, 0.29) is 6.67 Å². The van der Waals surface area contributed by atoms with Gasteiger partial charge in [0.15, 0.2) is 0 Å². The Hall–Kier alpha value is -0.0700. The predicted octanol–water partition coefficient (Wildman–Crippen LogP) is 4.98. The summed E-state index contributed by atoms with van der Waals surface area (Å²) in [4.78, 5) is 0. The van der Waals surface area contributed by atoms with Crippen molar-refractivity contribution in [1.29, 1.82) is 0 Å². The van der Waals surface area contributed by atoms with Crippen molar-refractivity contribution in [3.8, 4) is 0 Å². The lowest BCUT2D eigenvalue weighted by atomic mass is 9.69. The van der Waals surface area contributed by atoms with Crippen LogP contribution < -0.4 is 0 Å². The second-order valence-electron chi connectivity index (χ2n) is 6.12. The minimum absolute atomic E-state index is 0.0741. The molecule has 2 aliphatic rings. The standard InChI is InChI=1S/C15H27F/c1-2-12-3-7-14(8-4-12)15-9-5-13(11-16)6-10-15/h12-15H,2-11H2,1H3. The van der Waals surface area contributed by atoms with Gasteiger partial charge in [0.2, 0.25) is 0 Å². The third-order valence-corrected chi connectivity index (χ3v) is 5.25. The van der Waals surface area contributed by atoms with Gasteiger partial charge in [-0.3, -0.25) is 4.39 Å². The number of rotatable bonds is 3. The van der Waals surface area contributed by atoms with Crippen LogP contribution in [0.2, 0.25) is 0 Å². The molecule has 0 N–H and O–H groups in total. The van der Waals surface area contributed by atoms with E-state index in [0.717, 1.165) is 30.6 Å². The molecule has 0 aliphatic heterocycles. The fourth-order valence-electron chi connectivity index (χ4n) is 3.88. The second kappa shape index (κ2) is 6.02. The molecular formula is C15H27F. The average molecular weight is 226 g/mol. The van der Waals surface area contributed by atoms with Crippen LogP contribution in [0.4, 0.5) is 4.39 Å². The zero-order chi connectivity index (χ0) is 11.4. The quantitative estimate of drug-likeness (QED) is 0.636. The first-order chi connectivity index (χ1) is 7.83. The van der Waals surface area contributed by atoms with Crippen LogP contribution in [-0.4, -0.2) is 6.67 Å². The third-order valence-electron chi connectivity index (χ3n) is 5.25. The molecule has 1 heteroatoms. The van der Waals surface area contributed by atoms with Gasteiger partial charge in [0.25, 0.3) is 0 Å². The fourth-order valence-corrected chi connectivity index (χ4v) is 3.88. The van der Waals surface area contributed by atoms with E-state index in [1.807, 2.05) is 0 Å². The molecule has 0 aromatic rings. The molecule has 2 rings (SSSR count). The van der Waals surface area contributed by atoms with Gasteiger partial charge in [-0.05, 0) is 62.2 Å². The van der Waals surface area contributed by atoms with Crippen molar-refractivity contribution in [3.63, 3.8) is 0 Å². The molecule has 0 aromatic carbocycles. The molecule has 94 valence electrons. The van der Waals surface area contributed by atoms with Gasteiger partial charge in [-0.1, -0.05) is 26.2 Å². The molecule has 0 unspecified atom stereocenters. The minimum Gasteiger partial charge on any atom is -0.251 e. The van der Waals surface area contributed by atoms with Crippen LogP contribution in [0.25, 0.3) is 0 Å². The van der Waals surface area contributed by atoms with E-state index in [1.54, 1.807) is 0 Å². The third kappa shape index (κ3) is 2.99. The lowest BCUT2D eigenvalue weighted by Crippen LogP contribution is -2.26. The molecule has 0 saturated heterocycles. The molecular weight excluding hydrogens is 199 g/mol. The van der Waals surface area contributed by atoms with E-state index in [0.29, 0.717) is 5.92 Å². The van der Waals surface area contributed by atoms with E-state index < -0.39 is 0 Å². The van der Waals surface area contributed by atoms with Crippen molar-refractivity contribution in [3.05, 3.63) is 0 Å². The van der Waals surface area contributed by atoms with E-state index >= 15 is 0 Å². The van der Waals surface area contributed by atoms with Crippen LogP contribution in [0.3, 0.4) is 0 Å². The second-order valence-corrected chi connectivity index (χ2v) is 6.12. The van der Waals surface area contributed by atoms with Crippen molar-refractivity contribution in [1.82, 2.24) is 0 Å². The van der Waals surface area contributed by atoms with Crippen LogP contribution >= 0.6 is 0 Å². The molecule has 0 bridgehead atoms. The molecule has 0 amide bonds. The summed E-state index contributed by atoms with van der Waals surface area (Å²) in [7, 11) is 0. The SMILES string of the molecule is CCC1CCC(C2CCC(CF)CC2)CC1. The predicted molar refractivity (Wildman–Crippen MR) is 67.2 cm³/mol. The largest absolute Gasteiger partial charge is 0.251 e. The maximum atomic E-state index is 12.5. The van der Waals surface area contributed by atoms with Gasteiger partial charge < -0.3 is 0 Å². The fraction of sp³-hybridized carbons (Fsp3) is 1.00. The van der Waals surface area contributed by atoms with Crippen LogP contribution in [0.15, 0.2) is 0 Å². The highest BCUT2D eigenvalue weighted by Gasteiger charge is 2.30. The summed E-state index contributed by atoms with van der Waals surface area (Å²) in [5.74, 6) is 3.35. The summed E-state index contributed by atoms with van der Waals surface area (Å²) in [6, 6.07) is 0. The molecule has 2 aliphatic carbocycles. The summed E-state index contributed by atoms with van der Waals surface area (Å²) in [6.07, 6.45) is 12.2. The van der Waals surface area contributed by atoms with Gasteiger partial charge in [0, 0.05) is 0 Å². The van der Waals surface area contributed by atoms with Gasteiger partial charge >= 0.3 is 0 Å². The number of halogens is 1. The first-order valence-electron chi connectivity index (χ1n) is 7.39. The Morgan fingerprint density at radius 1 is 0.750 bits per heavy atom. The van der Waals surface area contributed by atoms with E-state index in [9.17, 15) is 4.39 Å². The zero-order valence-corrected chi connectivity index (χ0v) is 10.8. The Balaban J connectivity index is 1.73. The maximum absolute atomic E-state index is 12.5. The maximum Gasteiger partial charge on any atom is 0.0922 e. The smallest absolute Gasteiger partial charge is 0.0922 e. The van der Waals surface area contributed by atoms with Gasteiger partial charge in [-0.15, -0.1) is 0 Å². The molecule has 0 heterocycles. The van der Waals surface area contributed by atoms with E-state index in [4.69, 9.17) is 0 Å². The monoisotopic (exact) mass is 226 g/mol. The van der Waals surface area contributed by atoms with Crippen LogP contribution in [0, 0.1) is 23.7 Å². The van der Waals surface area contributed by atoms with Crippen molar-refractivity contribution >= 4 is 0 Å². The summed E-state index contributed by atoms with van der Waals surface area (Å²) < 4.78 is 12.5. The summed E-state index contributed by atoms with van der Waals surface area (Å²) in [6.45, 7) is 2.26. The van der Waals surface area contributed by atoms with Crippen molar-refractivity contribution < 1.29 is 4.39 Å². The minimum atomic E-state index is -0.0741. The Labute approximate surface area is 100 Å². The lowest BCUT2D eigenvalue weighted by molar-refractivity contribution is 0.136. The molecule has 0 radical (unpaired) electrons. The van der Waals surface area contributed by atoms with Crippen molar-refractivity contribution in [2.24, 2.45) is 23.7 Å². The zero-order valence-electron chi connectivity index (χ0n) is 10.8. The molecule has 2 saturated carbocycles. The molecule has 0 nitrogen and oxygen atoms in total. The molecule has 0 spiro atoms. The first kappa shape index (κ1) is 12.4. The highest BCUT2D eigenvalue weighted by Crippen LogP contribution is 2.41. The Bertz CT molecular complexity index is 164. The summed E-state index contributed by atoms with van der Waals surface area (Å²) in [5.41, 5.74) is 0. The van der Waals surface area contributed by atoms with Crippen LogP contribution in [0.1, 0.15) is 64.7 Å². The van der Waals surface area contributed by atoms with Gasteiger partial charge in [-0.25, -0.2) is 0 Å². The van der Waals surface area contributed by atoms with Gasteiger partial charge in [0.05, 0.1) is 6.67 Å². The van der Waals surface area contributed by atoms with E-state index in [1.165, 1.54) is 44.9 Å². The Kier molecular flexibility index (Phi) is 4.66. The van der Waals surface area contributed by atoms with Crippen molar-refractivity contribution in [2.45, 2.75) is 64.7 Å². The molecule has 2 fully saturated rings. The van der Waals surface area contributed by atoms with E-state index in [2.05, 4.69) is 6.92 Å². The van der Waals surface area contributed by atoms with Crippen LogP contribution in [-0.2, 0) is 0 Å². The topological polar surface area (TPSA) is 0 Å². The highest BCUT2D eigenvalue weighted by molar-refractivity contribution is 4.81. The Morgan fingerprint density at radius 2 is 1.19 bits per heavy atom. The number of hydrogen-bond acceptors (Lipinski definition) is 0.